The second kappa shape index (κ2) is 24.3. The van der Waals surface area contributed by atoms with Crippen molar-refractivity contribution in [2.24, 2.45) is 0 Å². The number of rotatable bonds is 16. The summed E-state index contributed by atoms with van der Waals surface area (Å²) in [4.78, 5) is 0. The molecule has 1 fully saturated rings. The van der Waals surface area contributed by atoms with E-state index in [9.17, 15) is 52.7 Å². The van der Waals surface area contributed by atoms with Crippen molar-refractivity contribution in [2.75, 3.05) is 13.2 Å². The molecule has 0 amide bonds. The molecule has 19 heteroatoms. The predicted octanol–water partition coefficient (Wildman–Crippen LogP) is 14.5. The molecule has 1 heterocycles. The Morgan fingerprint density at radius 3 is 1.17 bits per heavy atom. The molecule has 5 aromatic rings. The van der Waals surface area contributed by atoms with Gasteiger partial charge in [0.05, 0.1) is 6.61 Å². The van der Waals surface area contributed by atoms with Gasteiger partial charge in [-0.25, -0.2) is 52.7 Å². The molecule has 0 bridgehead atoms. The minimum atomic E-state index is -2.35. The summed E-state index contributed by atoms with van der Waals surface area (Å²) in [6.07, 6.45) is 0.0989. The van der Waals surface area contributed by atoms with Crippen LogP contribution in [0.5, 0.6) is 5.75 Å². The second-order valence-corrected chi connectivity index (χ2v) is 15.9. The SMILES string of the molecule is CCC(CC(C)c1c(F)c(F)c(F)c(F)c1F)c1ccccc1.CCC(CC(CC(C)c1c(F)c(F)c(OCC2CO2)c(F)c1F)c1c(F)c(F)c(F)c(F)c1F)c1ccccc1.O=BP. The number of hydrogen-bond donors (Lipinski definition) is 0. The Kier molecular flexibility index (Phi) is 19.8. The Morgan fingerprint density at radius 1 is 0.515 bits per heavy atom. The molecule has 0 radical (unpaired) electrons. The fraction of sp³-hybridized carbons (Fsp3) is 0.362. The summed E-state index contributed by atoms with van der Waals surface area (Å²) in [5.41, 5.74) is -1.31. The average molecular weight is 965 g/mol. The molecule has 5 aromatic carbocycles. The van der Waals surface area contributed by atoms with E-state index in [-0.39, 0.29) is 25.6 Å². The monoisotopic (exact) mass is 964 g/mol. The van der Waals surface area contributed by atoms with Crippen molar-refractivity contribution in [1.82, 2.24) is 0 Å². The topological polar surface area (TPSA) is 38.8 Å². The van der Waals surface area contributed by atoms with Crippen LogP contribution in [0.25, 0.3) is 0 Å². The normalized spacial score (nSPS) is 15.3. The van der Waals surface area contributed by atoms with Crippen LogP contribution in [0.4, 0.5) is 61.5 Å². The van der Waals surface area contributed by atoms with E-state index in [0.29, 0.717) is 31.7 Å². The molecular weight excluding hydrogens is 920 g/mol. The molecule has 7 atom stereocenters. The Morgan fingerprint density at radius 2 is 0.818 bits per heavy atom. The van der Waals surface area contributed by atoms with Gasteiger partial charge in [-0.1, -0.05) is 88.4 Å². The minimum absolute atomic E-state index is 0.0267. The van der Waals surface area contributed by atoms with E-state index in [4.69, 9.17) is 14.2 Å². The standard InChI is InChI=1S/C29H25F9O2.C18H17F5.BH2OP/c1-3-14(15-7-5-4-6-8-15)10-16(19-22(32)24(34)26(36)25(35)23(19)33)9-13(2)18-20(30)27(37)29(28(38)21(18)31)40-12-17-11-39-17;1-3-11(12-7-5-4-6-8-12)9-10(2)13-14(19)16(21)18(23)17(22)15(13)20;2-1-3/h4-8,13-14,16-17H,3,9-12H2,1-2H3;4-8,10-11H,3,9H2,1-2H3;3H2. The first-order valence-corrected chi connectivity index (χ1v) is 21.3. The number of benzene rings is 5. The zero-order chi connectivity index (χ0) is 49.2. The van der Waals surface area contributed by atoms with Crippen LogP contribution in [-0.4, -0.2) is 26.2 Å². The molecule has 1 aliphatic heterocycles. The molecule has 3 nitrogen and oxygen atoms in total. The average Bonchev–Trinajstić information content (AvgIpc) is 4.15. The maximum absolute atomic E-state index is 15.1. The van der Waals surface area contributed by atoms with Crippen molar-refractivity contribution >= 4 is 16.0 Å². The summed E-state index contributed by atoms with van der Waals surface area (Å²) < 4.78 is 218. The number of epoxide rings is 1. The molecule has 356 valence electrons. The van der Waals surface area contributed by atoms with Crippen molar-refractivity contribution in [3.8, 4) is 5.75 Å². The van der Waals surface area contributed by atoms with Crippen molar-refractivity contribution in [3.05, 3.63) is 170 Å². The van der Waals surface area contributed by atoms with Crippen molar-refractivity contribution < 1.29 is 75.6 Å². The third-order valence-electron chi connectivity index (χ3n) is 11.3. The molecule has 0 aromatic heterocycles. The van der Waals surface area contributed by atoms with Crippen molar-refractivity contribution in [3.63, 3.8) is 0 Å². The van der Waals surface area contributed by atoms with Crippen LogP contribution in [0.2, 0.25) is 0 Å². The molecule has 0 spiro atoms. The fourth-order valence-corrected chi connectivity index (χ4v) is 7.86. The Hall–Kier alpha value is -4.83. The van der Waals surface area contributed by atoms with Crippen LogP contribution < -0.4 is 4.74 Å². The number of ether oxygens (including phenoxy) is 2. The van der Waals surface area contributed by atoms with Gasteiger partial charge in [0.15, 0.2) is 63.9 Å². The first-order chi connectivity index (χ1) is 31.3. The van der Waals surface area contributed by atoms with Gasteiger partial charge in [-0.3, -0.25) is 0 Å². The molecule has 0 aliphatic carbocycles. The van der Waals surface area contributed by atoms with E-state index in [1.807, 2.05) is 46.4 Å². The van der Waals surface area contributed by atoms with Crippen LogP contribution >= 0.6 is 9.12 Å². The first-order valence-electron chi connectivity index (χ1n) is 20.6. The number of halogens is 14. The van der Waals surface area contributed by atoms with Crippen LogP contribution in [-0.2, 0) is 9.44 Å². The molecule has 1 saturated heterocycles. The van der Waals surface area contributed by atoms with Gasteiger partial charge in [0.2, 0.25) is 23.3 Å². The van der Waals surface area contributed by atoms with E-state index >= 15 is 8.78 Å². The van der Waals surface area contributed by atoms with Crippen LogP contribution in [0.15, 0.2) is 60.7 Å². The Balaban J connectivity index is 0.000000310. The van der Waals surface area contributed by atoms with Crippen LogP contribution in [0.1, 0.15) is 117 Å². The van der Waals surface area contributed by atoms with Gasteiger partial charge in [0.1, 0.15) is 12.7 Å². The van der Waals surface area contributed by atoms with Gasteiger partial charge in [0.25, 0.3) is 0 Å². The van der Waals surface area contributed by atoms with Gasteiger partial charge in [-0.05, 0) is 72.8 Å². The molecule has 66 heavy (non-hydrogen) atoms. The van der Waals surface area contributed by atoms with Crippen molar-refractivity contribution in [2.45, 2.75) is 95.5 Å². The molecule has 6 rings (SSSR count). The Bertz CT molecular complexity index is 2360. The van der Waals surface area contributed by atoms with Crippen molar-refractivity contribution in [1.29, 1.82) is 0 Å². The third-order valence-corrected chi connectivity index (χ3v) is 11.3. The summed E-state index contributed by atoms with van der Waals surface area (Å²) in [7, 11) is 1.90. The van der Waals surface area contributed by atoms with E-state index in [2.05, 4.69) is 0 Å². The molecule has 7 unspecified atom stereocenters. The first kappa shape index (κ1) is 53.8. The summed E-state index contributed by atoms with van der Waals surface area (Å²) in [5, 5.41) is 0. The zero-order valence-corrected chi connectivity index (χ0v) is 37.0. The van der Waals surface area contributed by atoms with Gasteiger partial charge in [-0.2, -0.15) is 8.78 Å². The van der Waals surface area contributed by atoms with Gasteiger partial charge in [-0.15, -0.1) is 0 Å². The zero-order valence-electron chi connectivity index (χ0n) is 35.9. The Labute approximate surface area is 375 Å². The summed E-state index contributed by atoms with van der Waals surface area (Å²) in [5.74, 6) is -33.0. The molecular formula is C47H44BF14O3P. The number of hydrogen-bond acceptors (Lipinski definition) is 3. The second-order valence-electron chi connectivity index (χ2n) is 15.6. The van der Waals surface area contributed by atoms with E-state index in [1.165, 1.54) is 6.92 Å². The van der Waals surface area contributed by atoms with Crippen LogP contribution in [0.3, 0.4) is 0 Å². The molecule has 0 N–H and O–H groups in total. The third kappa shape index (κ3) is 12.4. The van der Waals surface area contributed by atoms with Crippen LogP contribution in [0, 0.1) is 81.4 Å². The summed E-state index contributed by atoms with van der Waals surface area (Å²) >= 11 is 0. The molecule has 1 aliphatic rings. The van der Waals surface area contributed by atoms with Gasteiger partial charge in [0, 0.05) is 16.7 Å². The van der Waals surface area contributed by atoms with Gasteiger partial charge < -0.3 is 9.47 Å². The fourth-order valence-electron chi connectivity index (χ4n) is 7.86. The van der Waals surface area contributed by atoms with E-state index < -0.39 is 140 Å². The van der Waals surface area contributed by atoms with Gasteiger partial charge >= 0.3 is 20.7 Å². The quantitative estimate of drug-likeness (QED) is 0.0247. The summed E-state index contributed by atoms with van der Waals surface area (Å²) in [6, 6.07) is 17.9. The summed E-state index contributed by atoms with van der Waals surface area (Å²) in [6.45, 7) is 6.85. The predicted molar refractivity (Wildman–Crippen MR) is 222 cm³/mol. The van der Waals surface area contributed by atoms with E-state index in [1.54, 1.807) is 37.3 Å². The molecule has 0 saturated carbocycles. The maximum atomic E-state index is 15.1. The van der Waals surface area contributed by atoms with E-state index in [0.717, 1.165) is 12.5 Å².